The highest BCUT2D eigenvalue weighted by Gasteiger charge is 2.35. The van der Waals surface area contributed by atoms with Crippen LogP contribution in [0, 0.1) is 17.6 Å². The van der Waals surface area contributed by atoms with Gasteiger partial charge < -0.3 is 20.5 Å². The number of aliphatic carboxylic acids is 1. The van der Waals surface area contributed by atoms with Crippen LogP contribution in [0.3, 0.4) is 0 Å². The predicted molar refractivity (Wildman–Crippen MR) is 78.4 cm³/mol. The molecular weight excluding hydrogens is 310 g/mol. The summed E-state index contributed by atoms with van der Waals surface area (Å²) >= 11 is 0. The number of hydrogen-bond acceptors (Lipinski definition) is 3. The van der Waals surface area contributed by atoms with E-state index in [1.165, 1.54) is 0 Å². The Bertz CT molecular complexity index is 592. The van der Waals surface area contributed by atoms with Gasteiger partial charge >= 0.3 is 12.0 Å². The number of nitrogens with one attached hydrogen (secondary N) is 2. The molecule has 0 radical (unpaired) electrons. The highest BCUT2D eigenvalue weighted by atomic mass is 19.1. The lowest BCUT2D eigenvalue weighted by Gasteiger charge is -2.32. The number of benzene rings is 1. The molecule has 3 N–H and O–H groups in total. The Balaban J connectivity index is 1.93. The van der Waals surface area contributed by atoms with Gasteiger partial charge in [0, 0.05) is 23.9 Å². The average Bonchev–Trinajstić information content (AvgIpc) is 2.37. The zero-order valence-electron chi connectivity index (χ0n) is 12.7. The van der Waals surface area contributed by atoms with E-state index in [0.717, 1.165) is 12.1 Å². The number of rotatable bonds is 5. The standard InChI is InChI=1S/C15H18F2N2O4/c1-7(2)23-13-11(16)5-10(6-12(13)17)19-15(22)18-9-3-8(4-9)14(20)21/h5-9H,3-4H2,1-2H3,(H,20,21)(H2,18,19,22). The van der Waals surface area contributed by atoms with Gasteiger partial charge in [0.15, 0.2) is 17.4 Å². The average molecular weight is 328 g/mol. The first-order chi connectivity index (χ1) is 10.8. The zero-order valence-corrected chi connectivity index (χ0v) is 12.7. The van der Waals surface area contributed by atoms with Crippen LogP contribution < -0.4 is 15.4 Å². The van der Waals surface area contributed by atoms with E-state index in [9.17, 15) is 18.4 Å². The fraction of sp³-hybridized carbons (Fsp3) is 0.467. The summed E-state index contributed by atoms with van der Waals surface area (Å²) in [4.78, 5) is 22.4. The fourth-order valence-electron chi connectivity index (χ4n) is 2.27. The molecule has 1 aliphatic carbocycles. The summed E-state index contributed by atoms with van der Waals surface area (Å²) < 4.78 is 32.6. The number of carboxylic acids is 1. The summed E-state index contributed by atoms with van der Waals surface area (Å²) in [5.74, 6) is -3.67. The lowest BCUT2D eigenvalue weighted by Crippen LogP contribution is -2.48. The molecule has 1 aliphatic rings. The third-order valence-corrected chi connectivity index (χ3v) is 3.43. The van der Waals surface area contributed by atoms with Crippen LogP contribution in [-0.4, -0.2) is 29.3 Å². The third-order valence-electron chi connectivity index (χ3n) is 3.43. The summed E-state index contributed by atoms with van der Waals surface area (Å²) in [5, 5.41) is 13.6. The molecule has 0 unspecified atom stereocenters. The van der Waals surface area contributed by atoms with Crippen LogP contribution in [0.4, 0.5) is 19.3 Å². The number of ether oxygens (including phenoxy) is 1. The van der Waals surface area contributed by atoms with Gasteiger partial charge in [-0.05, 0) is 26.7 Å². The summed E-state index contributed by atoms with van der Waals surface area (Å²) in [6, 6.07) is 1.02. The van der Waals surface area contributed by atoms with Crippen molar-refractivity contribution in [1.29, 1.82) is 0 Å². The number of carboxylic acid groups (broad SMARTS) is 1. The fourth-order valence-corrected chi connectivity index (χ4v) is 2.27. The number of urea groups is 1. The molecule has 126 valence electrons. The maximum atomic E-state index is 13.8. The molecule has 2 amide bonds. The van der Waals surface area contributed by atoms with Gasteiger partial charge in [-0.3, -0.25) is 4.79 Å². The van der Waals surface area contributed by atoms with Gasteiger partial charge in [0.1, 0.15) is 0 Å². The Morgan fingerprint density at radius 2 is 1.83 bits per heavy atom. The number of anilines is 1. The lowest BCUT2D eigenvalue weighted by molar-refractivity contribution is -0.145. The van der Waals surface area contributed by atoms with Crippen molar-refractivity contribution in [2.75, 3.05) is 5.32 Å². The lowest BCUT2D eigenvalue weighted by atomic mass is 9.80. The minimum Gasteiger partial charge on any atom is -0.485 e. The first-order valence-corrected chi connectivity index (χ1v) is 7.22. The summed E-state index contributed by atoms with van der Waals surface area (Å²) in [6.45, 7) is 3.28. The molecule has 1 fully saturated rings. The number of halogens is 2. The van der Waals surface area contributed by atoms with E-state index in [-0.39, 0.29) is 17.8 Å². The molecule has 1 saturated carbocycles. The van der Waals surface area contributed by atoms with Crippen molar-refractivity contribution < 1.29 is 28.2 Å². The largest absolute Gasteiger partial charge is 0.485 e. The molecule has 0 saturated heterocycles. The van der Waals surface area contributed by atoms with Crippen molar-refractivity contribution in [2.45, 2.75) is 38.8 Å². The second-order valence-electron chi connectivity index (χ2n) is 5.74. The Hall–Kier alpha value is -2.38. The third kappa shape index (κ3) is 4.30. The molecule has 8 heteroatoms. The molecule has 0 heterocycles. The normalized spacial score (nSPS) is 19.9. The molecule has 6 nitrogen and oxygen atoms in total. The van der Waals surface area contributed by atoms with Crippen molar-refractivity contribution in [3.63, 3.8) is 0 Å². The van der Waals surface area contributed by atoms with Crippen LogP contribution >= 0.6 is 0 Å². The summed E-state index contributed by atoms with van der Waals surface area (Å²) in [7, 11) is 0. The SMILES string of the molecule is CC(C)Oc1c(F)cc(NC(=O)NC2CC(C(=O)O)C2)cc1F. The summed E-state index contributed by atoms with van der Waals surface area (Å²) in [6.07, 6.45) is 0.293. The van der Waals surface area contributed by atoms with E-state index in [1.807, 2.05) is 0 Å². The van der Waals surface area contributed by atoms with Crippen LogP contribution in [0.2, 0.25) is 0 Å². The Morgan fingerprint density at radius 3 is 2.30 bits per heavy atom. The van der Waals surface area contributed by atoms with Gasteiger partial charge in [0.25, 0.3) is 0 Å². The second kappa shape index (κ2) is 6.80. The monoisotopic (exact) mass is 328 g/mol. The quantitative estimate of drug-likeness (QED) is 0.775. The Morgan fingerprint density at radius 1 is 1.26 bits per heavy atom. The van der Waals surface area contributed by atoms with Gasteiger partial charge in [-0.25, -0.2) is 13.6 Å². The predicted octanol–water partition coefficient (Wildman–Crippen LogP) is 2.74. The van der Waals surface area contributed by atoms with E-state index < -0.39 is 35.3 Å². The van der Waals surface area contributed by atoms with Crippen LogP contribution in [0.1, 0.15) is 26.7 Å². The van der Waals surface area contributed by atoms with Gasteiger partial charge in [-0.15, -0.1) is 0 Å². The van der Waals surface area contributed by atoms with Gasteiger partial charge in [0.05, 0.1) is 12.0 Å². The van der Waals surface area contributed by atoms with Gasteiger partial charge in [-0.2, -0.15) is 0 Å². The van der Waals surface area contributed by atoms with Crippen molar-refractivity contribution in [1.82, 2.24) is 5.32 Å². The van der Waals surface area contributed by atoms with Crippen molar-refractivity contribution in [3.05, 3.63) is 23.8 Å². The number of carbonyl (C=O) groups excluding carboxylic acids is 1. The van der Waals surface area contributed by atoms with Crippen molar-refractivity contribution in [2.24, 2.45) is 5.92 Å². The van der Waals surface area contributed by atoms with E-state index in [0.29, 0.717) is 12.8 Å². The van der Waals surface area contributed by atoms with E-state index in [2.05, 4.69) is 10.6 Å². The van der Waals surface area contributed by atoms with Crippen molar-refractivity contribution in [3.8, 4) is 5.75 Å². The highest BCUT2D eigenvalue weighted by molar-refractivity contribution is 5.89. The minimum atomic E-state index is -0.913. The van der Waals surface area contributed by atoms with E-state index in [1.54, 1.807) is 13.8 Å². The number of hydrogen-bond donors (Lipinski definition) is 3. The van der Waals surface area contributed by atoms with Crippen LogP contribution in [0.5, 0.6) is 5.75 Å². The molecule has 23 heavy (non-hydrogen) atoms. The molecule has 0 bridgehead atoms. The molecule has 0 aromatic heterocycles. The van der Waals surface area contributed by atoms with E-state index in [4.69, 9.17) is 9.84 Å². The molecular formula is C15H18F2N2O4. The zero-order chi connectivity index (χ0) is 17.1. The van der Waals surface area contributed by atoms with Crippen LogP contribution in [0.15, 0.2) is 12.1 Å². The highest BCUT2D eigenvalue weighted by Crippen LogP contribution is 2.28. The summed E-state index contributed by atoms with van der Waals surface area (Å²) in [5.41, 5.74) is -0.0530. The van der Waals surface area contributed by atoms with Crippen LogP contribution in [0.25, 0.3) is 0 Å². The Kier molecular flexibility index (Phi) is 5.02. The first-order valence-electron chi connectivity index (χ1n) is 7.22. The van der Waals surface area contributed by atoms with Crippen molar-refractivity contribution >= 4 is 17.7 Å². The maximum absolute atomic E-state index is 13.8. The number of amides is 2. The molecule has 1 aromatic carbocycles. The minimum absolute atomic E-state index is 0.0530. The maximum Gasteiger partial charge on any atom is 0.319 e. The van der Waals surface area contributed by atoms with E-state index >= 15 is 0 Å². The molecule has 2 rings (SSSR count). The first kappa shape index (κ1) is 17.0. The van der Waals surface area contributed by atoms with Crippen LogP contribution in [-0.2, 0) is 4.79 Å². The number of carbonyl (C=O) groups is 2. The molecule has 0 spiro atoms. The Labute approximate surface area is 131 Å². The topological polar surface area (TPSA) is 87.7 Å². The van der Waals surface area contributed by atoms with Gasteiger partial charge in [0.2, 0.25) is 0 Å². The molecule has 1 aromatic rings. The molecule has 0 atom stereocenters. The van der Waals surface area contributed by atoms with Gasteiger partial charge in [-0.1, -0.05) is 0 Å². The molecule has 0 aliphatic heterocycles. The second-order valence-corrected chi connectivity index (χ2v) is 5.74. The smallest absolute Gasteiger partial charge is 0.319 e.